The number of pyridine rings is 1. The summed E-state index contributed by atoms with van der Waals surface area (Å²) in [6.45, 7) is 0. The highest BCUT2D eigenvalue weighted by atomic mass is 19.1. The number of aromatic nitrogens is 1. The Labute approximate surface area is 68.8 Å². The number of nitrogens with two attached hydrogens (primary N) is 1. The van der Waals surface area contributed by atoms with Crippen molar-refractivity contribution < 1.29 is 4.39 Å². The molecule has 2 nitrogen and oxygen atoms in total. The molecule has 0 bridgehead atoms. The first-order valence-corrected chi connectivity index (χ1v) is 3.58. The smallest absolute Gasteiger partial charge is 0.149 e. The van der Waals surface area contributed by atoms with Gasteiger partial charge in [-0.2, -0.15) is 0 Å². The molecule has 0 aliphatic rings. The third-order valence-electron chi connectivity index (χ3n) is 1.75. The van der Waals surface area contributed by atoms with Gasteiger partial charge in [0.2, 0.25) is 0 Å². The minimum Gasteiger partial charge on any atom is -0.398 e. The molecule has 2 N–H and O–H groups in total. The largest absolute Gasteiger partial charge is 0.398 e. The number of nitrogen functional groups attached to an aromatic ring is 1. The van der Waals surface area contributed by atoms with Gasteiger partial charge in [-0.3, -0.25) is 4.98 Å². The van der Waals surface area contributed by atoms with E-state index >= 15 is 0 Å². The number of benzene rings is 1. The highest BCUT2D eigenvalue weighted by Gasteiger charge is 2.02. The predicted octanol–water partition coefficient (Wildman–Crippen LogP) is 1.96. The SMILES string of the molecule is Nc1ccc(F)c2ncccc12. The first kappa shape index (κ1) is 7.03. The van der Waals surface area contributed by atoms with Gasteiger partial charge in [-0.1, -0.05) is 0 Å². The third kappa shape index (κ3) is 0.906. The fourth-order valence-corrected chi connectivity index (χ4v) is 1.16. The standard InChI is InChI=1S/C9H7FN2/c10-7-3-4-8(11)6-2-1-5-12-9(6)7/h1-5H,11H2. The molecule has 60 valence electrons. The van der Waals surface area contributed by atoms with E-state index in [2.05, 4.69) is 4.98 Å². The zero-order valence-electron chi connectivity index (χ0n) is 6.29. The minimum absolute atomic E-state index is 0.331. The second kappa shape index (κ2) is 2.44. The number of hydrogen-bond acceptors (Lipinski definition) is 2. The van der Waals surface area contributed by atoms with Crippen LogP contribution in [0.15, 0.2) is 30.5 Å². The van der Waals surface area contributed by atoms with Gasteiger partial charge >= 0.3 is 0 Å². The number of hydrogen-bond donors (Lipinski definition) is 1. The lowest BCUT2D eigenvalue weighted by atomic mass is 10.2. The summed E-state index contributed by atoms with van der Waals surface area (Å²) in [5, 5.41) is 0.664. The molecule has 0 fully saturated rings. The molecule has 0 aliphatic heterocycles. The topological polar surface area (TPSA) is 38.9 Å². The van der Waals surface area contributed by atoms with E-state index in [-0.39, 0.29) is 5.82 Å². The Morgan fingerprint density at radius 3 is 2.83 bits per heavy atom. The Bertz CT molecular complexity index is 385. The Hall–Kier alpha value is -1.64. The molecule has 0 amide bonds. The highest BCUT2D eigenvalue weighted by molar-refractivity contribution is 5.90. The molecule has 0 spiro atoms. The van der Waals surface area contributed by atoms with Crippen LogP contribution in [0.3, 0.4) is 0 Å². The zero-order chi connectivity index (χ0) is 8.55. The fourth-order valence-electron chi connectivity index (χ4n) is 1.16. The third-order valence-corrected chi connectivity index (χ3v) is 1.75. The molecule has 0 radical (unpaired) electrons. The van der Waals surface area contributed by atoms with Gasteiger partial charge in [0.15, 0.2) is 0 Å². The quantitative estimate of drug-likeness (QED) is 0.601. The Morgan fingerprint density at radius 2 is 2.08 bits per heavy atom. The molecular weight excluding hydrogens is 155 g/mol. The molecule has 0 saturated carbocycles. The number of nitrogens with zero attached hydrogens (tertiary/aromatic N) is 1. The van der Waals surface area contributed by atoms with Crippen molar-refractivity contribution in [3.05, 3.63) is 36.3 Å². The molecule has 0 aliphatic carbocycles. The average Bonchev–Trinajstić information content (AvgIpc) is 2.12. The summed E-state index contributed by atoms with van der Waals surface area (Å²) in [6, 6.07) is 6.35. The van der Waals surface area contributed by atoms with Crippen molar-refractivity contribution in [1.82, 2.24) is 4.98 Å². The lowest BCUT2D eigenvalue weighted by Gasteiger charge is -2.00. The summed E-state index contributed by atoms with van der Waals surface area (Å²) < 4.78 is 13.0. The second-order valence-corrected chi connectivity index (χ2v) is 2.54. The van der Waals surface area contributed by atoms with Gasteiger partial charge in [0, 0.05) is 17.3 Å². The van der Waals surface area contributed by atoms with Crippen LogP contribution in [0, 0.1) is 5.82 Å². The van der Waals surface area contributed by atoms with Crippen molar-refractivity contribution in [2.45, 2.75) is 0 Å². The number of fused-ring (bicyclic) bond motifs is 1. The van der Waals surface area contributed by atoms with Crippen molar-refractivity contribution in [3.63, 3.8) is 0 Å². The van der Waals surface area contributed by atoms with E-state index in [9.17, 15) is 4.39 Å². The summed E-state index contributed by atoms with van der Waals surface area (Å²) >= 11 is 0. The number of halogens is 1. The maximum atomic E-state index is 13.0. The van der Waals surface area contributed by atoms with Crippen LogP contribution in [-0.2, 0) is 0 Å². The molecular formula is C9H7FN2. The molecule has 1 aromatic heterocycles. The fraction of sp³-hybridized carbons (Fsp3) is 0. The molecule has 0 atom stereocenters. The van der Waals surface area contributed by atoms with E-state index in [1.807, 2.05) is 0 Å². The summed E-state index contributed by atoms with van der Waals surface area (Å²) in [7, 11) is 0. The highest BCUT2D eigenvalue weighted by Crippen LogP contribution is 2.20. The number of rotatable bonds is 0. The average molecular weight is 162 g/mol. The molecule has 12 heavy (non-hydrogen) atoms. The van der Waals surface area contributed by atoms with Gasteiger partial charge in [-0.05, 0) is 24.3 Å². The van der Waals surface area contributed by atoms with Gasteiger partial charge in [0.1, 0.15) is 11.3 Å². The van der Waals surface area contributed by atoms with Crippen molar-refractivity contribution >= 4 is 16.6 Å². The first-order valence-electron chi connectivity index (χ1n) is 3.58. The summed E-state index contributed by atoms with van der Waals surface area (Å²) in [5.74, 6) is -0.334. The van der Waals surface area contributed by atoms with Crippen LogP contribution in [0.2, 0.25) is 0 Å². The lowest BCUT2D eigenvalue weighted by Crippen LogP contribution is -1.90. The second-order valence-electron chi connectivity index (χ2n) is 2.54. The van der Waals surface area contributed by atoms with E-state index in [1.165, 1.54) is 6.07 Å². The minimum atomic E-state index is -0.334. The van der Waals surface area contributed by atoms with Crippen LogP contribution >= 0.6 is 0 Å². The van der Waals surface area contributed by atoms with Crippen molar-refractivity contribution in [1.29, 1.82) is 0 Å². The van der Waals surface area contributed by atoms with E-state index in [0.717, 1.165) is 0 Å². The normalized spacial score (nSPS) is 10.4. The van der Waals surface area contributed by atoms with Gasteiger partial charge in [0.25, 0.3) is 0 Å². The van der Waals surface area contributed by atoms with Crippen LogP contribution in [0.5, 0.6) is 0 Å². The Balaban J connectivity index is 2.95. The van der Waals surface area contributed by atoms with E-state index in [0.29, 0.717) is 16.6 Å². The van der Waals surface area contributed by atoms with E-state index in [4.69, 9.17) is 5.73 Å². The van der Waals surface area contributed by atoms with E-state index < -0.39 is 0 Å². The first-order chi connectivity index (χ1) is 5.79. The van der Waals surface area contributed by atoms with Crippen LogP contribution in [0.1, 0.15) is 0 Å². The monoisotopic (exact) mass is 162 g/mol. The van der Waals surface area contributed by atoms with Crippen LogP contribution in [0.25, 0.3) is 10.9 Å². The molecule has 2 aromatic rings. The van der Waals surface area contributed by atoms with Crippen molar-refractivity contribution in [2.24, 2.45) is 0 Å². The van der Waals surface area contributed by atoms with Gasteiger partial charge in [-0.25, -0.2) is 4.39 Å². The molecule has 0 unspecified atom stereocenters. The van der Waals surface area contributed by atoms with E-state index in [1.54, 1.807) is 24.4 Å². The predicted molar refractivity (Wildman–Crippen MR) is 46.1 cm³/mol. The lowest BCUT2D eigenvalue weighted by molar-refractivity contribution is 0.637. The maximum absolute atomic E-state index is 13.0. The summed E-state index contributed by atoms with van der Waals surface area (Å²) in [4.78, 5) is 3.89. The summed E-state index contributed by atoms with van der Waals surface area (Å²) in [5.41, 5.74) is 6.50. The maximum Gasteiger partial charge on any atom is 0.149 e. The van der Waals surface area contributed by atoms with Gasteiger partial charge < -0.3 is 5.73 Å². The molecule has 1 aromatic carbocycles. The van der Waals surface area contributed by atoms with Crippen molar-refractivity contribution in [2.75, 3.05) is 5.73 Å². The molecule has 0 saturated heterocycles. The summed E-state index contributed by atoms with van der Waals surface area (Å²) in [6.07, 6.45) is 1.55. The van der Waals surface area contributed by atoms with Crippen LogP contribution < -0.4 is 5.73 Å². The Kier molecular flexibility index (Phi) is 1.43. The number of anilines is 1. The molecule has 3 heteroatoms. The van der Waals surface area contributed by atoms with Crippen molar-refractivity contribution in [3.8, 4) is 0 Å². The van der Waals surface area contributed by atoms with Crippen LogP contribution in [-0.4, -0.2) is 4.98 Å². The molecule has 2 rings (SSSR count). The van der Waals surface area contributed by atoms with Gasteiger partial charge in [0.05, 0.1) is 0 Å². The zero-order valence-corrected chi connectivity index (χ0v) is 6.29. The van der Waals surface area contributed by atoms with Gasteiger partial charge in [-0.15, -0.1) is 0 Å². The van der Waals surface area contributed by atoms with Crippen LogP contribution in [0.4, 0.5) is 10.1 Å². The molecule has 1 heterocycles. The Morgan fingerprint density at radius 1 is 1.25 bits per heavy atom.